The van der Waals surface area contributed by atoms with Gasteiger partial charge in [-0.3, -0.25) is 15.1 Å². The predicted molar refractivity (Wildman–Crippen MR) is 78.7 cm³/mol. The number of cyclic esters (lactones) is 1. The topological polar surface area (TPSA) is 221 Å². The van der Waals surface area contributed by atoms with Gasteiger partial charge in [-0.25, -0.2) is 4.79 Å². The SMILES string of the molecule is NC(N)=NCCC[C@H](N[C@]1([C@@H](O)CO)OC(=O)C(O)=C1O)C(=O)O. The summed E-state index contributed by atoms with van der Waals surface area (Å²) in [4.78, 5) is 26.4. The highest BCUT2D eigenvalue weighted by atomic mass is 16.6. The van der Waals surface area contributed by atoms with E-state index in [9.17, 15) is 30.0 Å². The van der Waals surface area contributed by atoms with E-state index in [4.69, 9.17) is 16.6 Å². The van der Waals surface area contributed by atoms with Gasteiger partial charge in [0.1, 0.15) is 12.1 Å². The molecule has 1 aliphatic rings. The fourth-order valence-electron chi connectivity index (χ4n) is 2.08. The number of hydrogen-bond acceptors (Lipinski definition) is 9. The first-order chi connectivity index (χ1) is 11.2. The van der Waals surface area contributed by atoms with Crippen molar-refractivity contribution < 1.29 is 39.9 Å². The van der Waals surface area contributed by atoms with E-state index in [0.717, 1.165) is 0 Å². The van der Waals surface area contributed by atoms with E-state index >= 15 is 0 Å². The second-order valence-corrected chi connectivity index (χ2v) is 5.00. The van der Waals surface area contributed by atoms with Crippen LogP contribution in [-0.4, -0.2) is 74.5 Å². The van der Waals surface area contributed by atoms with Gasteiger partial charge in [0.05, 0.1) is 6.61 Å². The number of ether oxygens (including phenoxy) is 1. The van der Waals surface area contributed by atoms with E-state index in [1.807, 2.05) is 0 Å². The number of esters is 1. The van der Waals surface area contributed by atoms with Gasteiger partial charge in [0.2, 0.25) is 11.5 Å². The number of carbonyl (C=O) groups excluding carboxylic acids is 1. The molecule has 0 aliphatic carbocycles. The molecular formula is C12H20N4O8. The first kappa shape index (κ1) is 19.5. The van der Waals surface area contributed by atoms with Gasteiger partial charge < -0.3 is 41.7 Å². The Morgan fingerprint density at radius 1 is 1.38 bits per heavy atom. The second kappa shape index (κ2) is 7.81. The van der Waals surface area contributed by atoms with E-state index in [-0.39, 0.29) is 25.3 Å². The van der Waals surface area contributed by atoms with Crippen LogP contribution >= 0.6 is 0 Å². The number of aliphatic imine (C=N–C) groups is 1. The molecule has 12 heteroatoms. The van der Waals surface area contributed by atoms with Crippen LogP contribution in [0.5, 0.6) is 0 Å². The number of guanidine groups is 1. The molecular weight excluding hydrogens is 328 g/mol. The molecule has 24 heavy (non-hydrogen) atoms. The highest BCUT2D eigenvalue weighted by Gasteiger charge is 2.55. The molecule has 0 aromatic heterocycles. The monoisotopic (exact) mass is 348 g/mol. The van der Waals surface area contributed by atoms with Crippen LogP contribution in [0.1, 0.15) is 12.8 Å². The van der Waals surface area contributed by atoms with Crippen LogP contribution in [0.3, 0.4) is 0 Å². The van der Waals surface area contributed by atoms with Crippen molar-refractivity contribution in [3.8, 4) is 0 Å². The summed E-state index contributed by atoms with van der Waals surface area (Å²) in [5, 5.41) is 49.7. The molecule has 0 aromatic rings. The van der Waals surface area contributed by atoms with Crippen LogP contribution in [-0.2, 0) is 14.3 Å². The first-order valence-electron chi connectivity index (χ1n) is 6.86. The Labute approximate surface area is 136 Å². The van der Waals surface area contributed by atoms with E-state index in [1.54, 1.807) is 0 Å². The van der Waals surface area contributed by atoms with E-state index in [2.05, 4.69) is 15.0 Å². The Kier molecular flexibility index (Phi) is 6.34. The number of nitrogens with zero attached hydrogens (tertiary/aromatic N) is 1. The zero-order valence-corrected chi connectivity index (χ0v) is 12.5. The molecule has 0 saturated heterocycles. The lowest BCUT2D eigenvalue weighted by Gasteiger charge is -2.34. The number of aliphatic hydroxyl groups is 4. The summed E-state index contributed by atoms with van der Waals surface area (Å²) in [7, 11) is 0. The van der Waals surface area contributed by atoms with Gasteiger partial charge in [0.25, 0.3) is 5.72 Å². The third-order valence-electron chi connectivity index (χ3n) is 3.30. The van der Waals surface area contributed by atoms with E-state index in [0.29, 0.717) is 0 Å². The lowest BCUT2D eigenvalue weighted by atomic mass is 10.0. The Hall–Kier alpha value is -2.57. The maximum absolute atomic E-state index is 11.4. The molecule has 0 radical (unpaired) electrons. The molecule has 1 heterocycles. The van der Waals surface area contributed by atoms with Crippen molar-refractivity contribution >= 4 is 17.9 Å². The van der Waals surface area contributed by atoms with Crippen molar-refractivity contribution in [3.05, 3.63) is 11.5 Å². The third kappa shape index (κ3) is 4.04. The van der Waals surface area contributed by atoms with Gasteiger partial charge in [-0.1, -0.05) is 0 Å². The molecule has 12 nitrogen and oxygen atoms in total. The molecule has 0 saturated carbocycles. The lowest BCUT2D eigenvalue weighted by Crippen LogP contribution is -2.62. The normalized spacial score (nSPS) is 22.8. The van der Waals surface area contributed by atoms with Crippen molar-refractivity contribution in [2.45, 2.75) is 30.7 Å². The maximum Gasteiger partial charge on any atom is 0.379 e. The molecule has 0 bridgehead atoms. The van der Waals surface area contributed by atoms with Gasteiger partial charge in [0.15, 0.2) is 5.96 Å². The number of aliphatic carboxylic acids is 1. The van der Waals surface area contributed by atoms with Crippen molar-refractivity contribution in [1.82, 2.24) is 5.32 Å². The summed E-state index contributed by atoms with van der Waals surface area (Å²) in [6.07, 6.45) is -1.79. The Morgan fingerprint density at radius 2 is 2.00 bits per heavy atom. The molecule has 1 aliphatic heterocycles. The van der Waals surface area contributed by atoms with Crippen molar-refractivity contribution in [2.24, 2.45) is 16.5 Å². The van der Waals surface area contributed by atoms with Crippen LogP contribution in [0.25, 0.3) is 0 Å². The maximum atomic E-state index is 11.4. The number of carboxylic acids is 1. The molecule has 0 unspecified atom stereocenters. The Bertz CT molecular complexity index is 559. The number of nitrogens with one attached hydrogen (secondary N) is 1. The number of rotatable bonds is 9. The summed E-state index contributed by atoms with van der Waals surface area (Å²) < 4.78 is 4.69. The van der Waals surface area contributed by atoms with Crippen LogP contribution in [0.4, 0.5) is 0 Å². The quantitative estimate of drug-likeness (QED) is 0.0908. The van der Waals surface area contributed by atoms with E-state index in [1.165, 1.54) is 0 Å². The van der Waals surface area contributed by atoms with Crippen LogP contribution in [0.2, 0.25) is 0 Å². The zero-order valence-electron chi connectivity index (χ0n) is 12.5. The summed E-state index contributed by atoms with van der Waals surface area (Å²) in [5.41, 5.74) is 7.80. The summed E-state index contributed by atoms with van der Waals surface area (Å²) in [6.45, 7) is -0.867. The minimum absolute atomic E-state index is 0.0718. The summed E-state index contributed by atoms with van der Waals surface area (Å²) in [6, 6.07) is -1.42. The number of nitrogens with two attached hydrogens (primary N) is 2. The number of carbonyl (C=O) groups is 2. The molecule has 0 fully saturated rings. The van der Waals surface area contributed by atoms with Gasteiger partial charge >= 0.3 is 11.9 Å². The molecule has 136 valence electrons. The predicted octanol–water partition coefficient (Wildman–Crippen LogP) is -2.98. The minimum Gasteiger partial charge on any atom is -0.504 e. The summed E-state index contributed by atoms with van der Waals surface area (Å²) >= 11 is 0. The van der Waals surface area contributed by atoms with Crippen molar-refractivity contribution in [2.75, 3.05) is 13.2 Å². The molecule has 1 rings (SSSR count). The Morgan fingerprint density at radius 3 is 2.42 bits per heavy atom. The molecule has 3 atom stereocenters. The molecule has 0 amide bonds. The zero-order chi connectivity index (χ0) is 18.5. The molecule has 0 aromatic carbocycles. The smallest absolute Gasteiger partial charge is 0.379 e. The molecule has 10 N–H and O–H groups in total. The number of aliphatic hydroxyl groups excluding tert-OH is 4. The van der Waals surface area contributed by atoms with Crippen molar-refractivity contribution in [3.63, 3.8) is 0 Å². The van der Waals surface area contributed by atoms with Crippen LogP contribution in [0, 0.1) is 0 Å². The highest BCUT2D eigenvalue weighted by Crippen LogP contribution is 2.32. The number of hydrogen-bond donors (Lipinski definition) is 8. The lowest BCUT2D eigenvalue weighted by molar-refractivity contribution is -0.174. The third-order valence-corrected chi connectivity index (χ3v) is 3.30. The highest BCUT2D eigenvalue weighted by molar-refractivity contribution is 5.90. The first-order valence-corrected chi connectivity index (χ1v) is 6.86. The van der Waals surface area contributed by atoms with Gasteiger partial charge in [-0.05, 0) is 12.8 Å². The molecule has 0 spiro atoms. The Balaban J connectivity index is 2.97. The minimum atomic E-state index is -2.48. The van der Waals surface area contributed by atoms with Crippen LogP contribution in [0.15, 0.2) is 16.5 Å². The average molecular weight is 348 g/mol. The largest absolute Gasteiger partial charge is 0.504 e. The number of carboxylic acid groups (broad SMARTS) is 1. The van der Waals surface area contributed by atoms with Gasteiger partial charge in [0, 0.05) is 6.54 Å². The van der Waals surface area contributed by atoms with Crippen molar-refractivity contribution in [1.29, 1.82) is 0 Å². The van der Waals surface area contributed by atoms with Gasteiger partial charge in [-0.2, -0.15) is 0 Å². The average Bonchev–Trinajstić information content (AvgIpc) is 2.74. The van der Waals surface area contributed by atoms with E-state index < -0.39 is 47.9 Å². The fourth-order valence-corrected chi connectivity index (χ4v) is 2.08. The summed E-state index contributed by atoms with van der Waals surface area (Å²) in [5.74, 6) is -5.25. The second-order valence-electron chi connectivity index (χ2n) is 5.00. The standard InChI is InChI=1S/C12H20N4O8/c13-11(14)15-3-1-2-5(9(21)22)16-12(6(18)4-17)8(20)7(19)10(23)24-12/h5-6,16-20H,1-4H2,(H,21,22)(H4,13,14,15)/t5-,6-,12+/m0/s1. The van der Waals surface area contributed by atoms with Gasteiger partial charge in [-0.15, -0.1) is 0 Å². The fraction of sp³-hybridized carbons (Fsp3) is 0.583. The van der Waals surface area contributed by atoms with Crippen LogP contribution < -0.4 is 16.8 Å².